The Balaban J connectivity index is 1.82. The minimum atomic E-state index is -0.754. The van der Waals surface area contributed by atoms with Crippen molar-refractivity contribution in [3.8, 4) is 0 Å². The first-order valence-electron chi connectivity index (χ1n) is 6.83. The van der Waals surface area contributed by atoms with E-state index in [0.717, 1.165) is 17.7 Å². The molecule has 1 aromatic rings. The van der Waals surface area contributed by atoms with Crippen LogP contribution in [0.3, 0.4) is 0 Å². The summed E-state index contributed by atoms with van der Waals surface area (Å²) in [5.41, 5.74) is 0. The van der Waals surface area contributed by atoms with Crippen molar-refractivity contribution in [2.24, 2.45) is 5.92 Å². The van der Waals surface area contributed by atoms with Gasteiger partial charge in [0.05, 0.1) is 12.5 Å². The molecule has 0 aromatic carbocycles. The highest BCUT2D eigenvalue weighted by Gasteiger charge is 2.28. The standard InChI is InChI=1S/C14H20N2O3S/c1-16(9-12-6-3-7-20-12)14(19)15-11-5-2-4-10(8-11)13(17)18/h3,6-7,10-11H,2,4-5,8-9H2,1H3,(H,15,19)(H,17,18). The van der Waals surface area contributed by atoms with E-state index in [-0.39, 0.29) is 18.0 Å². The summed E-state index contributed by atoms with van der Waals surface area (Å²) in [7, 11) is 1.76. The lowest BCUT2D eigenvalue weighted by atomic mass is 9.86. The van der Waals surface area contributed by atoms with Gasteiger partial charge in [0.1, 0.15) is 0 Å². The number of thiophene rings is 1. The van der Waals surface area contributed by atoms with Crippen molar-refractivity contribution in [3.05, 3.63) is 22.4 Å². The summed E-state index contributed by atoms with van der Waals surface area (Å²) in [4.78, 5) is 25.9. The second-order valence-electron chi connectivity index (χ2n) is 5.28. The number of rotatable bonds is 4. The number of nitrogens with one attached hydrogen (secondary N) is 1. The molecule has 0 spiro atoms. The molecule has 2 N–H and O–H groups in total. The van der Waals surface area contributed by atoms with Crippen molar-refractivity contribution in [3.63, 3.8) is 0 Å². The number of urea groups is 1. The molecule has 0 bridgehead atoms. The van der Waals surface area contributed by atoms with E-state index in [0.29, 0.717) is 19.4 Å². The average molecular weight is 296 g/mol. The summed E-state index contributed by atoms with van der Waals surface area (Å²) in [6.45, 7) is 0.582. The van der Waals surface area contributed by atoms with Crippen LogP contribution >= 0.6 is 11.3 Å². The average Bonchev–Trinajstić information content (AvgIpc) is 2.91. The van der Waals surface area contributed by atoms with Crippen LogP contribution in [0, 0.1) is 5.92 Å². The van der Waals surface area contributed by atoms with Gasteiger partial charge in [0.2, 0.25) is 0 Å². The lowest BCUT2D eigenvalue weighted by Crippen LogP contribution is -2.45. The molecular formula is C14H20N2O3S. The highest BCUT2D eigenvalue weighted by Crippen LogP contribution is 2.24. The lowest BCUT2D eigenvalue weighted by molar-refractivity contribution is -0.143. The predicted molar refractivity (Wildman–Crippen MR) is 77.7 cm³/mol. The number of carboxylic acid groups (broad SMARTS) is 1. The number of nitrogens with zero attached hydrogens (tertiary/aromatic N) is 1. The molecule has 110 valence electrons. The molecule has 2 amide bonds. The van der Waals surface area contributed by atoms with E-state index >= 15 is 0 Å². The van der Waals surface area contributed by atoms with Crippen molar-refractivity contribution in [2.45, 2.75) is 38.3 Å². The van der Waals surface area contributed by atoms with Gasteiger partial charge in [0.25, 0.3) is 0 Å². The van der Waals surface area contributed by atoms with Gasteiger partial charge in [-0.05, 0) is 30.7 Å². The highest BCUT2D eigenvalue weighted by molar-refractivity contribution is 7.09. The molecule has 1 aliphatic rings. The zero-order valence-electron chi connectivity index (χ0n) is 11.5. The van der Waals surface area contributed by atoms with Crippen LogP contribution in [-0.2, 0) is 11.3 Å². The molecule has 5 nitrogen and oxygen atoms in total. The number of carbonyl (C=O) groups is 2. The topological polar surface area (TPSA) is 69.6 Å². The molecule has 1 saturated carbocycles. The monoisotopic (exact) mass is 296 g/mol. The Morgan fingerprint density at radius 2 is 2.30 bits per heavy atom. The summed E-state index contributed by atoms with van der Waals surface area (Å²) in [6, 6.07) is 3.80. The first-order valence-corrected chi connectivity index (χ1v) is 7.71. The van der Waals surface area contributed by atoms with E-state index < -0.39 is 5.97 Å². The molecular weight excluding hydrogens is 276 g/mol. The molecule has 1 fully saturated rings. The van der Waals surface area contributed by atoms with Gasteiger partial charge in [-0.2, -0.15) is 0 Å². The van der Waals surface area contributed by atoms with Gasteiger partial charge < -0.3 is 15.3 Å². The third-order valence-corrected chi connectivity index (χ3v) is 4.53. The predicted octanol–water partition coefficient (Wildman–Crippen LogP) is 2.53. The van der Waals surface area contributed by atoms with E-state index in [1.807, 2.05) is 17.5 Å². The maximum Gasteiger partial charge on any atom is 0.317 e. The van der Waals surface area contributed by atoms with E-state index in [2.05, 4.69) is 5.32 Å². The molecule has 1 aromatic heterocycles. The Hall–Kier alpha value is -1.56. The van der Waals surface area contributed by atoms with Gasteiger partial charge in [0, 0.05) is 18.0 Å². The molecule has 2 rings (SSSR count). The quantitative estimate of drug-likeness (QED) is 0.897. The molecule has 0 aliphatic heterocycles. The van der Waals surface area contributed by atoms with Crippen LogP contribution in [0.4, 0.5) is 4.79 Å². The van der Waals surface area contributed by atoms with Crippen LogP contribution in [0.25, 0.3) is 0 Å². The molecule has 2 unspecified atom stereocenters. The maximum atomic E-state index is 12.1. The van der Waals surface area contributed by atoms with E-state index in [1.165, 1.54) is 0 Å². The number of hydrogen-bond donors (Lipinski definition) is 2. The van der Waals surface area contributed by atoms with Gasteiger partial charge in [-0.15, -0.1) is 11.3 Å². The summed E-state index contributed by atoms with van der Waals surface area (Å²) >= 11 is 1.62. The van der Waals surface area contributed by atoms with E-state index in [9.17, 15) is 9.59 Å². The minimum absolute atomic E-state index is 0.0249. The summed E-state index contributed by atoms with van der Waals surface area (Å²) < 4.78 is 0. The zero-order valence-corrected chi connectivity index (χ0v) is 12.4. The molecule has 20 heavy (non-hydrogen) atoms. The summed E-state index contributed by atoms with van der Waals surface area (Å²) in [5.74, 6) is -1.08. The molecule has 6 heteroatoms. The molecule has 0 radical (unpaired) electrons. The fourth-order valence-electron chi connectivity index (χ4n) is 2.54. The van der Waals surface area contributed by atoms with Gasteiger partial charge in [-0.25, -0.2) is 4.79 Å². The fourth-order valence-corrected chi connectivity index (χ4v) is 3.30. The van der Waals surface area contributed by atoms with E-state index in [4.69, 9.17) is 5.11 Å². The SMILES string of the molecule is CN(Cc1cccs1)C(=O)NC1CCCC(C(=O)O)C1. The Morgan fingerprint density at radius 1 is 1.50 bits per heavy atom. The van der Waals surface area contributed by atoms with Crippen molar-refractivity contribution >= 4 is 23.3 Å². The maximum absolute atomic E-state index is 12.1. The van der Waals surface area contributed by atoms with Crippen LogP contribution in [-0.4, -0.2) is 35.1 Å². The minimum Gasteiger partial charge on any atom is -0.481 e. The Morgan fingerprint density at radius 3 is 2.95 bits per heavy atom. The molecule has 0 saturated heterocycles. The third-order valence-electron chi connectivity index (χ3n) is 3.67. The number of aliphatic carboxylic acids is 1. The van der Waals surface area contributed by atoms with Crippen LogP contribution in [0.5, 0.6) is 0 Å². The van der Waals surface area contributed by atoms with Crippen LogP contribution in [0.1, 0.15) is 30.6 Å². The molecule has 1 heterocycles. The van der Waals surface area contributed by atoms with Gasteiger partial charge in [0.15, 0.2) is 0 Å². The van der Waals surface area contributed by atoms with Crippen molar-refractivity contribution in [1.29, 1.82) is 0 Å². The van der Waals surface area contributed by atoms with Crippen molar-refractivity contribution in [2.75, 3.05) is 7.05 Å². The second kappa shape index (κ2) is 6.74. The summed E-state index contributed by atoms with van der Waals surface area (Å²) in [5, 5.41) is 14.0. The van der Waals surface area contributed by atoms with E-state index in [1.54, 1.807) is 23.3 Å². The van der Waals surface area contributed by atoms with Crippen LogP contribution in [0.2, 0.25) is 0 Å². The zero-order chi connectivity index (χ0) is 14.5. The lowest BCUT2D eigenvalue weighted by Gasteiger charge is -2.29. The summed E-state index contributed by atoms with van der Waals surface area (Å²) in [6.07, 6.45) is 2.97. The number of amides is 2. The Labute approximate surface area is 122 Å². The van der Waals surface area contributed by atoms with Crippen molar-refractivity contribution < 1.29 is 14.7 Å². The van der Waals surface area contributed by atoms with Crippen LogP contribution < -0.4 is 5.32 Å². The number of carbonyl (C=O) groups excluding carboxylic acids is 1. The first-order chi connectivity index (χ1) is 9.56. The Kier molecular flexibility index (Phi) is 5.00. The third kappa shape index (κ3) is 3.96. The van der Waals surface area contributed by atoms with Gasteiger partial charge in [-0.1, -0.05) is 12.5 Å². The Bertz CT molecular complexity index is 461. The van der Waals surface area contributed by atoms with Gasteiger partial charge in [-0.3, -0.25) is 4.79 Å². The largest absolute Gasteiger partial charge is 0.481 e. The highest BCUT2D eigenvalue weighted by atomic mass is 32.1. The first kappa shape index (κ1) is 14.8. The smallest absolute Gasteiger partial charge is 0.317 e. The van der Waals surface area contributed by atoms with Crippen LogP contribution in [0.15, 0.2) is 17.5 Å². The number of hydrogen-bond acceptors (Lipinski definition) is 3. The van der Waals surface area contributed by atoms with Gasteiger partial charge >= 0.3 is 12.0 Å². The fraction of sp³-hybridized carbons (Fsp3) is 0.571. The molecule has 2 atom stereocenters. The van der Waals surface area contributed by atoms with Crippen molar-refractivity contribution in [1.82, 2.24) is 10.2 Å². The normalized spacial score (nSPS) is 22.2. The molecule has 1 aliphatic carbocycles. The second-order valence-corrected chi connectivity index (χ2v) is 6.32. The number of carboxylic acids is 1.